The van der Waals surface area contributed by atoms with E-state index >= 15 is 0 Å². The average molecular weight is 240 g/mol. The Morgan fingerprint density at radius 3 is 2.94 bits per heavy atom. The highest BCUT2D eigenvalue weighted by Crippen LogP contribution is 2.30. The van der Waals surface area contributed by atoms with E-state index in [0.717, 1.165) is 18.6 Å². The molecule has 2 nitrogen and oxygen atoms in total. The molecule has 4 heteroatoms. The first-order chi connectivity index (χ1) is 7.72. The molecule has 1 aliphatic rings. The number of Topliss-reactive ketones (excluding diaryl/α,β-unsaturated/α-hetero) is 1. The molecule has 0 radical (unpaired) electrons. The minimum absolute atomic E-state index is 0.00722. The number of ketones is 1. The topological polar surface area (TPSA) is 26.3 Å². The average Bonchev–Trinajstić information content (AvgIpc) is 2.81. The first-order valence-corrected chi connectivity index (χ1v) is 6.26. The smallest absolute Gasteiger partial charge is 0.175 e. The Hall–Kier alpha value is -1.03. The summed E-state index contributed by atoms with van der Waals surface area (Å²) in [5.41, 5.74) is 0.442. The van der Waals surface area contributed by atoms with Crippen molar-refractivity contribution in [2.45, 2.75) is 18.1 Å². The number of thioether (sulfide) groups is 1. The van der Waals surface area contributed by atoms with E-state index in [1.807, 2.05) is 0 Å². The molecule has 0 bridgehead atoms. The molecule has 1 aromatic carbocycles. The summed E-state index contributed by atoms with van der Waals surface area (Å²) in [4.78, 5) is 12.0. The van der Waals surface area contributed by atoms with E-state index < -0.39 is 5.82 Å². The molecule has 1 unspecified atom stereocenters. The third-order valence-electron chi connectivity index (χ3n) is 2.66. The largest absolute Gasteiger partial charge is 0.494 e. The highest BCUT2D eigenvalue weighted by atomic mass is 32.2. The molecule has 86 valence electrons. The molecule has 1 aliphatic heterocycles. The number of rotatable bonds is 3. The predicted molar refractivity (Wildman–Crippen MR) is 62.8 cm³/mol. The SMILES string of the molecule is COc1ccc(C(=O)C2CCCS2)cc1F. The van der Waals surface area contributed by atoms with Crippen molar-refractivity contribution >= 4 is 17.5 Å². The summed E-state index contributed by atoms with van der Waals surface area (Å²) in [5.74, 6) is 0.755. The van der Waals surface area contributed by atoms with Gasteiger partial charge in [0.15, 0.2) is 17.3 Å². The van der Waals surface area contributed by atoms with Crippen LogP contribution >= 0.6 is 11.8 Å². The number of carbonyl (C=O) groups excluding carboxylic acids is 1. The van der Waals surface area contributed by atoms with Gasteiger partial charge in [-0.1, -0.05) is 0 Å². The summed E-state index contributed by atoms with van der Waals surface area (Å²) in [6.07, 6.45) is 1.97. The number of carbonyl (C=O) groups is 1. The maximum Gasteiger partial charge on any atom is 0.175 e. The van der Waals surface area contributed by atoms with E-state index in [1.54, 1.807) is 17.8 Å². The van der Waals surface area contributed by atoms with Crippen LogP contribution in [0.2, 0.25) is 0 Å². The van der Waals surface area contributed by atoms with Gasteiger partial charge in [0, 0.05) is 5.56 Å². The van der Waals surface area contributed by atoms with E-state index in [4.69, 9.17) is 4.74 Å². The zero-order chi connectivity index (χ0) is 11.5. The third kappa shape index (κ3) is 2.21. The molecule has 0 spiro atoms. The Kier molecular flexibility index (Phi) is 3.49. The second-order valence-corrected chi connectivity index (χ2v) is 5.03. The van der Waals surface area contributed by atoms with Gasteiger partial charge in [0.1, 0.15) is 0 Å². The maximum absolute atomic E-state index is 13.4. The number of halogens is 1. The first kappa shape index (κ1) is 11.5. The Labute approximate surface area is 98.2 Å². The van der Waals surface area contributed by atoms with E-state index in [-0.39, 0.29) is 16.8 Å². The van der Waals surface area contributed by atoms with Crippen molar-refractivity contribution < 1.29 is 13.9 Å². The Balaban J connectivity index is 2.20. The molecule has 0 N–H and O–H groups in total. The molecule has 0 amide bonds. The van der Waals surface area contributed by atoms with Gasteiger partial charge in [-0.3, -0.25) is 4.79 Å². The molecule has 1 atom stereocenters. The van der Waals surface area contributed by atoms with Crippen LogP contribution in [0.15, 0.2) is 18.2 Å². The van der Waals surface area contributed by atoms with Gasteiger partial charge in [-0.15, -0.1) is 0 Å². The van der Waals surface area contributed by atoms with Gasteiger partial charge in [-0.25, -0.2) is 4.39 Å². The van der Waals surface area contributed by atoms with Crippen molar-refractivity contribution in [3.63, 3.8) is 0 Å². The van der Waals surface area contributed by atoms with Crippen LogP contribution in [-0.4, -0.2) is 23.9 Å². The lowest BCUT2D eigenvalue weighted by Crippen LogP contribution is -2.14. The second kappa shape index (κ2) is 4.87. The zero-order valence-electron chi connectivity index (χ0n) is 9.03. The normalized spacial score (nSPS) is 19.8. The minimum atomic E-state index is -0.476. The van der Waals surface area contributed by atoms with Gasteiger partial charge < -0.3 is 4.74 Å². The van der Waals surface area contributed by atoms with Gasteiger partial charge in [-0.2, -0.15) is 11.8 Å². The Morgan fingerprint density at radius 1 is 1.56 bits per heavy atom. The predicted octanol–water partition coefficient (Wildman–Crippen LogP) is 2.91. The van der Waals surface area contributed by atoms with Crippen molar-refractivity contribution in [2.24, 2.45) is 0 Å². The van der Waals surface area contributed by atoms with Crippen LogP contribution in [0.1, 0.15) is 23.2 Å². The summed E-state index contributed by atoms with van der Waals surface area (Å²) in [6.45, 7) is 0. The van der Waals surface area contributed by atoms with Gasteiger partial charge in [0.25, 0.3) is 0 Å². The van der Waals surface area contributed by atoms with Crippen LogP contribution < -0.4 is 4.74 Å². The lowest BCUT2D eigenvalue weighted by Gasteiger charge is -2.08. The third-order valence-corrected chi connectivity index (χ3v) is 4.03. The van der Waals surface area contributed by atoms with Crippen LogP contribution in [0, 0.1) is 5.82 Å². The molecule has 0 aliphatic carbocycles. The summed E-state index contributed by atoms with van der Waals surface area (Å²) in [7, 11) is 1.41. The van der Waals surface area contributed by atoms with Crippen molar-refractivity contribution in [3.05, 3.63) is 29.6 Å². The molecular weight excluding hydrogens is 227 g/mol. The maximum atomic E-state index is 13.4. The number of methoxy groups -OCH3 is 1. The number of hydrogen-bond acceptors (Lipinski definition) is 3. The molecule has 1 fully saturated rings. The van der Waals surface area contributed by atoms with E-state index in [1.165, 1.54) is 19.2 Å². The molecule has 1 aromatic rings. The summed E-state index contributed by atoms with van der Waals surface area (Å²) in [6, 6.07) is 4.39. The highest BCUT2D eigenvalue weighted by molar-refractivity contribution is 8.00. The van der Waals surface area contributed by atoms with Crippen LogP contribution in [0.4, 0.5) is 4.39 Å². The van der Waals surface area contributed by atoms with Gasteiger partial charge in [0.05, 0.1) is 12.4 Å². The number of benzene rings is 1. The number of ether oxygens (including phenoxy) is 1. The molecule has 0 aromatic heterocycles. The molecular formula is C12H13FO2S. The fourth-order valence-electron chi connectivity index (χ4n) is 1.79. The van der Waals surface area contributed by atoms with Crippen LogP contribution in [0.5, 0.6) is 5.75 Å². The minimum Gasteiger partial charge on any atom is -0.494 e. The van der Waals surface area contributed by atoms with Crippen molar-refractivity contribution in [2.75, 3.05) is 12.9 Å². The van der Waals surface area contributed by atoms with E-state index in [0.29, 0.717) is 5.56 Å². The summed E-state index contributed by atoms with van der Waals surface area (Å²) < 4.78 is 18.2. The van der Waals surface area contributed by atoms with Crippen LogP contribution in [-0.2, 0) is 0 Å². The summed E-state index contributed by atoms with van der Waals surface area (Å²) >= 11 is 1.66. The lowest BCUT2D eigenvalue weighted by atomic mass is 10.1. The molecule has 2 rings (SSSR count). The summed E-state index contributed by atoms with van der Waals surface area (Å²) in [5, 5.41) is 0.00722. The van der Waals surface area contributed by atoms with E-state index in [2.05, 4.69) is 0 Å². The Bertz CT molecular complexity index is 400. The standard InChI is InChI=1S/C12H13FO2S/c1-15-10-5-4-8(7-9(10)13)12(14)11-3-2-6-16-11/h4-5,7,11H,2-3,6H2,1H3. The van der Waals surface area contributed by atoms with Gasteiger partial charge in [-0.05, 0) is 36.8 Å². The van der Waals surface area contributed by atoms with Gasteiger partial charge >= 0.3 is 0 Å². The van der Waals surface area contributed by atoms with Crippen LogP contribution in [0.3, 0.4) is 0 Å². The zero-order valence-corrected chi connectivity index (χ0v) is 9.85. The first-order valence-electron chi connectivity index (χ1n) is 5.21. The second-order valence-electron chi connectivity index (χ2n) is 3.72. The van der Waals surface area contributed by atoms with Crippen LogP contribution in [0.25, 0.3) is 0 Å². The van der Waals surface area contributed by atoms with Crippen molar-refractivity contribution in [1.82, 2.24) is 0 Å². The molecule has 0 saturated carbocycles. The fraction of sp³-hybridized carbons (Fsp3) is 0.417. The molecule has 1 heterocycles. The Morgan fingerprint density at radius 2 is 2.38 bits per heavy atom. The van der Waals surface area contributed by atoms with Crippen molar-refractivity contribution in [1.29, 1.82) is 0 Å². The monoisotopic (exact) mass is 240 g/mol. The molecule has 16 heavy (non-hydrogen) atoms. The van der Waals surface area contributed by atoms with E-state index in [9.17, 15) is 9.18 Å². The van der Waals surface area contributed by atoms with Gasteiger partial charge in [0.2, 0.25) is 0 Å². The van der Waals surface area contributed by atoms with Crippen molar-refractivity contribution in [3.8, 4) is 5.75 Å². The fourth-order valence-corrected chi connectivity index (χ4v) is 3.03. The lowest BCUT2D eigenvalue weighted by molar-refractivity contribution is 0.0988. The number of hydrogen-bond donors (Lipinski definition) is 0. The quantitative estimate of drug-likeness (QED) is 0.760. The molecule has 1 saturated heterocycles. The highest BCUT2D eigenvalue weighted by Gasteiger charge is 2.25.